The summed E-state index contributed by atoms with van der Waals surface area (Å²) >= 11 is 10.3. The number of aromatic amines is 1. The molecular weight excluding hydrogens is 356 g/mol. The van der Waals surface area contributed by atoms with Crippen LogP contribution in [0.3, 0.4) is 0 Å². The first-order valence-electron chi connectivity index (χ1n) is 7.43. The summed E-state index contributed by atoms with van der Waals surface area (Å²) in [6.07, 6.45) is 0.544. The van der Waals surface area contributed by atoms with E-state index >= 15 is 0 Å². The van der Waals surface area contributed by atoms with Crippen LogP contribution in [-0.2, 0) is 6.42 Å². The number of nitrogens with two attached hydrogens (primary N) is 1. The summed E-state index contributed by atoms with van der Waals surface area (Å²) in [6, 6.07) is 15.1. The van der Waals surface area contributed by atoms with Crippen molar-refractivity contribution in [2.75, 3.05) is 12.1 Å². The van der Waals surface area contributed by atoms with E-state index in [0.717, 1.165) is 22.6 Å². The highest BCUT2D eigenvalue weighted by Crippen LogP contribution is 2.20. The lowest BCUT2D eigenvalue weighted by atomic mass is 10.1. The van der Waals surface area contributed by atoms with E-state index in [1.54, 1.807) is 7.11 Å². The number of ether oxygens (including phenoxy) is 1. The average molecular weight is 372 g/mol. The van der Waals surface area contributed by atoms with Crippen molar-refractivity contribution >= 4 is 35.1 Å². The third kappa shape index (κ3) is 4.11. The third-order valence-electron chi connectivity index (χ3n) is 3.61. The number of methoxy groups -OCH3 is 1. The van der Waals surface area contributed by atoms with Gasteiger partial charge < -0.3 is 9.15 Å². The normalized spacial score (nSPS) is 10.5. The third-order valence-corrected chi connectivity index (χ3v) is 4.13. The van der Waals surface area contributed by atoms with E-state index in [9.17, 15) is 0 Å². The molecule has 3 aromatic rings. The van der Waals surface area contributed by atoms with Gasteiger partial charge in [0, 0.05) is 12.0 Å². The predicted octanol–water partition coefficient (Wildman–Crippen LogP) is 3.66. The molecule has 8 heteroatoms. The van der Waals surface area contributed by atoms with Gasteiger partial charge in [-0.15, -0.1) is 5.10 Å². The van der Waals surface area contributed by atoms with Crippen LogP contribution in [0.4, 0.5) is 5.69 Å². The van der Waals surface area contributed by atoms with E-state index in [1.807, 2.05) is 48.5 Å². The average Bonchev–Trinajstić information content (AvgIpc) is 3.08. The Hall–Kier alpha value is -2.55. The largest absolute Gasteiger partial charge is 0.497 e. The van der Waals surface area contributed by atoms with E-state index < -0.39 is 0 Å². The van der Waals surface area contributed by atoms with Gasteiger partial charge in [0.1, 0.15) is 10.7 Å². The number of nitrogens with one attached hydrogen (secondary N) is 1. The lowest BCUT2D eigenvalue weighted by Gasteiger charge is -2.20. The summed E-state index contributed by atoms with van der Waals surface area (Å²) in [5.74, 6) is 7.34. The number of hydrogen-bond donors (Lipinski definition) is 2. The fourth-order valence-corrected chi connectivity index (χ4v) is 2.66. The summed E-state index contributed by atoms with van der Waals surface area (Å²) in [5.41, 5.74) is 2.67. The minimum absolute atomic E-state index is 0.249. The molecule has 0 aliphatic heterocycles. The van der Waals surface area contributed by atoms with Gasteiger partial charge in [-0.25, -0.2) is 10.9 Å². The van der Waals surface area contributed by atoms with Gasteiger partial charge in [-0.1, -0.05) is 24.4 Å². The second kappa shape index (κ2) is 7.56. The molecule has 0 spiro atoms. The number of benzene rings is 2. The monoisotopic (exact) mass is 372 g/mol. The molecule has 6 nitrogen and oxygen atoms in total. The molecule has 0 aliphatic rings. The summed E-state index contributed by atoms with van der Waals surface area (Å²) in [6.45, 7) is 0. The molecule has 0 aliphatic carbocycles. The number of H-pyrrole nitrogens is 1. The summed E-state index contributed by atoms with van der Waals surface area (Å²) in [5, 5.41) is 8.09. The Bertz CT molecular complexity index is 917. The Labute approximate surface area is 155 Å². The van der Waals surface area contributed by atoms with Crippen LogP contribution in [0.15, 0.2) is 52.9 Å². The summed E-state index contributed by atoms with van der Waals surface area (Å²) in [4.78, 5) is 0.855. The van der Waals surface area contributed by atoms with Gasteiger partial charge in [-0.2, -0.15) is 0 Å². The molecule has 3 N–H and O–H groups in total. The molecule has 0 amide bonds. The molecule has 128 valence electrons. The zero-order valence-corrected chi connectivity index (χ0v) is 15.1. The number of hydrogen-bond acceptors (Lipinski definition) is 6. The number of hydrazine groups is 1. The van der Waals surface area contributed by atoms with Gasteiger partial charge in [-0.05, 0) is 54.2 Å². The minimum atomic E-state index is 0.249. The van der Waals surface area contributed by atoms with Crippen molar-refractivity contribution in [3.63, 3.8) is 0 Å². The molecular formula is C17H16N4O2S2. The lowest BCUT2D eigenvalue weighted by molar-refractivity contribution is 0.415. The number of anilines is 1. The van der Waals surface area contributed by atoms with Crippen molar-refractivity contribution in [3.05, 3.63) is 58.9 Å². The molecule has 1 heterocycles. The van der Waals surface area contributed by atoms with E-state index in [-0.39, 0.29) is 4.84 Å². The molecule has 3 rings (SSSR count). The fraction of sp³-hybridized carbons (Fsp3) is 0.118. The lowest BCUT2D eigenvalue weighted by Crippen LogP contribution is -2.37. The van der Waals surface area contributed by atoms with Gasteiger partial charge in [0.25, 0.3) is 4.84 Å². The number of thiocarbonyl (C=S) groups is 1. The van der Waals surface area contributed by atoms with Crippen molar-refractivity contribution < 1.29 is 9.15 Å². The molecule has 0 fully saturated rings. The van der Waals surface area contributed by atoms with Gasteiger partial charge in [-0.3, -0.25) is 5.01 Å². The fourth-order valence-electron chi connectivity index (χ4n) is 2.27. The summed E-state index contributed by atoms with van der Waals surface area (Å²) in [7, 11) is 1.62. The van der Waals surface area contributed by atoms with Crippen LogP contribution in [0.2, 0.25) is 0 Å². The van der Waals surface area contributed by atoms with E-state index in [0.29, 0.717) is 17.3 Å². The standard InChI is InChI=1S/C17H16N4O2S2/c1-22-14-8-6-13(7-9-14)21(18)15(24)10-11-2-4-12(5-3-11)16-19-20-17(25)23-16/h2-9H,10,18H2,1H3,(H,20,25). The Kier molecular flexibility index (Phi) is 5.22. The molecule has 0 atom stereocenters. The molecule has 0 saturated carbocycles. The van der Waals surface area contributed by atoms with Crippen LogP contribution >= 0.6 is 24.4 Å². The SMILES string of the molecule is COc1ccc(N(N)C(=S)Cc2ccc(-c3n[nH]c(=S)o3)cc2)cc1. The van der Waals surface area contributed by atoms with E-state index in [4.69, 9.17) is 39.4 Å². The van der Waals surface area contributed by atoms with Crippen LogP contribution in [0.25, 0.3) is 11.5 Å². The van der Waals surface area contributed by atoms with Crippen molar-refractivity contribution in [1.82, 2.24) is 10.2 Å². The molecule has 1 aromatic heterocycles. The first-order valence-corrected chi connectivity index (χ1v) is 8.25. The highest BCUT2D eigenvalue weighted by molar-refractivity contribution is 7.80. The highest BCUT2D eigenvalue weighted by Gasteiger charge is 2.10. The first kappa shape index (κ1) is 17.3. The molecule has 2 aromatic carbocycles. The minimum Gasteiger partial charge on any atom is -0.497 e. The highest BCUT2D eigenvalue weighted by atomic mass is 32.1. The maximum Gasteiger partial charge on any atom is 0.284 e. The quantitative estimate of drug-likeness (QED) is 0.402. The van der Waals surface area contributed by atoms with Crippen molar-refractivity contribution in [1.29, 1.82) is 0 Å². The second-order valence-corrected chi connectivity index (χ2v) is 6.10. The van der Waals surface area contributed by atoms with Gasteiger partial charge in [0.15, 0.2) is 0 Å². The van der Waals surface area contributed by atoms with Crippen molar-refractivity contribution in [2.45, 2.75) is 6.42 Å². The maximum atomic E-state index is 6.11. The maximum absolute atomic E-state index is 6.11. The molecule has 0 unspecified atom stereocenters. The Morgan fingerprint density at radius 2 is 1.88 bits per heavy atom. The Morgan fingerprint density at radius 3 is 2.44 bits per heavy atom. The van der Waals surface area contributed by atoms with Crippen molar-refractivity contribution in [2.24, 2.45) is 5.84 Å². The molecule has 0 radical (unpaired) electrons. The van der Waals surface area contributed by atoms with Gasteiger partial charge >= 0.3 is 0 Å². The van der Waals surface area contributed by atoms with Crippen LogP contribution in [0, 0.1) is 4.84 Å². The van der Waals surface area contributed by atoms with Gasteiger partial charge in [0.05, 0.1) is 12.8 Å². The first-order chi connectivity index (χ1) is 12.1. The number of rotatable bonds is 5. The van der Waals surface area contributed by atoms with Crippen molar-refractivity contribution in [3.8, 4) is 17.2 Å². The van der Waals surface area contributed by atoms with Crippen LogP contribution in [-0.4, -0.2) is 22.3 Å². The molecule has 25 heavy (non-hydrogen) atoms. The number of nitrogens with zero attached hydrogens (tertiary/aromatic N) is 2. The zero-order chi connectivity index (χ0) is 17.8. The van der Waals surface area contributed by atoms with Crippen LogP contribution in [0.1, 0.15) is 5.56 Å². The smallest absolute Gasteiger partial charge is 0.284 e. The van der Waals surface area contributed by atoms with E-state index in [1.165, 1.54) is 5.01 Å². The van der Waals surface area contributed by atoms with E-state index in [2.05, 4.69) is 10.2 Å². The summed E-state index contributed by atoms with van der Waals surface area (Å²) < 4.78 is 10.4. The predicted molar refractivity (Wildman–Crippen MR) is 103 cm³/mol. The molecule has 0 bridgehead atoms. The van der Waals surface area contributed by atoms with Gasteiger partial charge in [0.2, 0.25) is 5.89 Å². The van der Waals surface area contributed by atoms with Crippen LogP contribution in [0.5, 0.6) is 5.75 Å². The van der Waals surface area contributed by atoms with Crippen LogP contribution < -0.4 is 15.6 Å². The zero-order valence-electron chi connectivity index (χ0n) is 13.4. The number of aromatic nitrogens is 2. The Morgan fingerprint density at radius 1 is 1.20 bits per heavy atom. The molecule has 0 saturated heterocycles. The second-order valence-electron chi connectivity index (χ2n) is 5.25. The topological polar surface area (TPSA) is 80.3 Å². The Balaban J connectivity index is 1.68.